The lowest BCUT2D eigenvalue weighted by Crippen LogP contribution is -2.16. The smallest absolute Gasteiger partial charge is 0.126 e. The summed E-state index contributed by atoms with van der Waals surface area (Å²) in [7, 11) is 0. The van der Waals surface area contributed by atoms with Crippen LogP contribution in [0.25, 0.3) is 22.0 Å². The number of aromatic amines is 1. The molecule has 0 bridgehead atoms. The molecular formula is C18H17ClF2N2. The normalized spacial score (nSPS) is 14.2. The third kappa shape index (κ3) is 2.84. The van der Waals surface area contributed by atoms with Crippen LogP contribution in [0.2, 0.25) is 0 Å². The second-order valence-electron chi connectivity index (χ2n) is 5.72. The molecule has 2 N–H and O–H groups in total. The van der Waals surface area contributed by atoms with Crippen LogP contribution in [0, 0.1) is 11.6 Å². The van der Waals surface area contributed by atoms with Crippen molar-refractivity contribution >= 4 is 23.3 Å². The SMILES string of the molecule is Cl.Fc1cc(F)cc(-c2cccc3[nH]c4c(c23)CCNCC4)c1. The molecule has 0 saturated heterocycles. The summed E-state index contributed by atoms with van der Waals surface area (Å²) >= 11 is 0. The van der Waals surface area contributed by atoms with Crippen molar-refractivity contribution in [2.45, 2.75) is 12.8 Å². The number of H-pyrrole nitrogens is 1. The summed E-state index contributed by atoms with van der Waals surface area (Å²) in [6.45, 7) is 1.87. The third-order valence-corrected chi connectivity index (χ3v) is 4.29. The Bertz CT molecular complexity index is 837. The lowest BCUT2D eigenvalue weighted by atomic mass is 9.96. The maximum Gasteiger partial charge on any atom is 0.126 e. The van der Waals surface area contributed by atoms with Gasteiger partial charge in [-0.25, -0.2) is 8.78 Å². The summed E-state index contributed by atoms with van der Waals surface area (Å²) in [5.74, 6) is -1.09. The summed E-state index contributed by atoms with van der Waals surface area (Å²) in [5, 5.41) is 4.47. The number of aromatic nitrogens is 1. The topological polar surface area (TPSA) is 27.8 Å². The van der Waals surface area contributed by atoms with E-state index in [1.54, 1.807) is 0 Å². The molecule has 2 nitrogen and oxygen atoms in total. The van der Waals surface area contributed by atoms with Crippen molar-refractivity contribution in [1.82, 2.24) is 10.3 Å². The van der Waals surface area contributed by atoms with E-state index in [1.165, 1.54) is 23.4 Å². The number of rotatable bonds is 1. The van der Waals surface area contributed by atoms with E-state index >= 15 is 0 Å². The number of hydrogen-bond acceptors (Lipinski definition) is 1. The van der Waals surface area contributed by atoms with E-state index in [-0.39, 0.29) is 12.4 Å². The minimum Gasteiger partial charge on any atom is -0.358 e. The summed E-state index contributed by atoms with van der Waals surface area (Å²) < 4.78 is 27.2. The lowest BCUT2D eigenvalue weighted by molar-refractivity contribution is 0.584. The zero-order valence-electron chi connectivity index (χ0n) is 12.5. The Morgan fingerprint density at radius 2 is 1.65 bits per heavy atom. The van der Waals surface area contributed by atoms with Crippen LogP contribution in [0.4, 0.5) is 8.78 Å². The van der Waals surface area contributed by atoms with E-state index < -0.39 is 11.6 Å². The van der Waals surface area contributed by atoms with Crippen LogP contribution in [0.1, 0.15) is 11.3 Å². The van der Waals surface area contributed by atoms with Crippen molar-refractivity contribution < 1.29 is 8.78 Å². The van der Waals surface area contributed by atoms with E-state index in [9.17, 15) is 8.78 Å². The van der Waals surface area contributed by atoms with Gasteiger partial charge < -0.3 is 10.3 Å². The molecular weight excluding hydrogens is 318 g/mol. The highest BCUT2D eigenvalue weighted by molar-refractivity contribution is 5.98. The molecule has 3 aromatic rings. The van der Waals surface area contributed by atoms with Gasteiger partial charge in [0.2, 0.25) is 0 Å². The molecule has 0 fully saturated rings. The Labute approximate surface area is 139 Å². The first-order valence-corrected chi connectivity index (χ1v) is 7.52. The minimum absolute atomic E-state index is 0. The van der Waals surface area contributed by atoms with Crippen LogP contribution < -0.4 is 5.32 Å². The lowest BCUT2D eigenvalue weighted by Gasteiger charge is -2.07. The van der Waals surface area contributed by atoms with Crippen LogP contribution in [-0.4, -0.2) is 18.1 Å². The predicted molar refractivity (Wildman–Crippen MR) is 91.2 cm³/mol. The van der Waals surface area contributed by atoms with Gasteiger partial charge in [0.25, 0.3) is 0 Å². The molecule has 5 heteroatoms. The fourth-order valence-electron chi connectivity index (χ4n) is 3.36. The van der Waals surface area contributed by atoms with Crippen molar-refractivity contribution in [1.29, 1.82) is 0 Å². The molecule has 23 heavy (non-hydrogen) atoms. The van der Waals surface area contributed by atoms with Crippen LogP contribution in [0.15, 0.2) is 36.4 Å². The van der Waals surface area contributed by atoms with Gasteiger partial charge in [0.1, 0.15) is 11.6 Å². The van der Waals surface area contributed by atoms with Gasteiger partial charge in [-0.3, -0.25) is 0 Å². The Kier molecular flexibility index (Phi) is 4.37. The summed E-state index contributed by atoms with van der Waals surface area (Å²) in [4.78, 5) is 3.47. The van der Waals surface area contributed by atoms with Crippen molar-refractivity contribution in [2.24, 2.45) is 0 Å². The largest absolute Gasteiger partial charge is 0.358 e. The van der Waals surface area contributed by atoms with Crippen LogP contribution in [0.5, 0.6) is 0 Å². The minimum atomic E-state index is -0.546. The standard InChI is InChI=1S/C18H16F2N2.ClH/c19-12-8-11(9-13(20)10-12)14-2-1-3-17-18(14)15-4-6-21-7-5-16(15)22-17;/h1-3,8-10,21-22H,4-7H2;1H. The molecule has 120 valence electrons. The molecule has 2 aromatic carbocycles. The van der Waals surface area contributed by atoms with Crippen molar-refractivity contribution in [3.05, 3.63) is 59.3 Å². The van der Waals surface area contributed by atoms with E-state index in [0.29, 0.717) is 5.56 Å². The highest BCUT2D eigenvalue weighted by Gasteiger charge is 2.17. The zero-order chi connectivity index (χ0) is 15.1. The van der Waals surface area contributed by atoms with Crippen LogP contribution in [-0.2, 0) is 12.8 Å². The van der Waals surface area contributed by atoms with E-state index in [1.807, 2.05) is 18.2 Å². The Hall–Kier alpha value is -1.91. The first-order valence-electron chi connectivity index (χ1n) is 7.52. The molecule has 2 heterocycles. The van der Waals surface area contributed by atoms with Crippen molar-refractivity contribution in [3.8, 4) is 11.1 Å². The van der Waals surface area contributed by atoms with Gasteiger partial charge in [0.15, 0.2) is 0 Å². The average Bonchev–Trinajstić information content (AvgIpc) is 2.68. The van der Waals surface area contributed by atoms with Gasteiger partial charge in [-0.1, -0.05) is 12.1 Å². The zero-order valence-corrected chi connectivity index (χ0v) is 13.3. The van der Waals surface area contributed by atoms with E-state index in [4.69, 9.17) is 0 Å². The second-order valence-corrected chi connectivity index (χ2v) is 5.72. The highest BCUT2D eigenvalue weighted by Crippen LogP contribution is 2.34. The highest BCUT2D eigenvalue weighted by atomic mass is 35.5. The summed E-state index contributed by atoms with van der Waals surface area (Å²) in [6.07, 6.45) is 1.87. The molecule has 1 aliphatic rings. The molecule has 1 aromatic heterocycles. The molecule has 0 unspecified atom stereocenters. The number of hydrogen-bond donors (Lipinski definition) is 2. The number of benzene rings is 2. The van der Waals surface area contributed by atoms with Crippen LogP contribution in [0.3, 0.4) is 0 Å². The van der Waals surface area contributed by atoms with Crippen molar-refractivity contribution in [2.75, 3.05) is 13.1 Å². The van der Waals surface area contributed by atoms with Gasteiger partial charge in [-0.2, -0.15) is 0 Å². The first kappa shape index (κ1) is 16.0. The maximum atomic E-state index is 13.6. The quantitative estimate of drug-likeness (QED) is 0.685. The molecule has 0 spiro atoms. The Morgan fingerprint density at radius 1 is 0.913 bits per heavy atom. The number of nitrogens with one attached hydrogen (secondary N) is 2. The van der Waals surface area contributed by atoms with Crippen molar-refractivity contribution in [3.63, 3.8) is 0 Å². The summed E-state index contributed by atoms with van der Waals surface area (Å²) in [6, 6.07) is 9.58. The molecule has 0 aliphatic carbocycles. The monoisotopic (exact) mass is 334 g/mol. The van der Waals surface area contributed by atoms with E-state index in [2.05, 4.69) is 10.3 Å². The fourth-order valence-corrected chi connectivity index (χ4v) is 3.36. The molecule has 0 radical (unpaired) electrons. The number of halogens is 3. The van der Waals surface area contributed by atoms with E-state index in [0.717, 1.165) is 48.5 Å². The second kappa shape index (κ2) is 6.30. The summed E-state index contributed by atoms with van der Waals surface area (Å²) in [5.41, 5.74) is 5.00. The first-order chi connectivity index (χ1) is 10.7. The molecule has 4 rings (SSSR count). The third-order valence-electron chi connectivity index (χ3n) is 4.29. The van der Waals surface area contributed by atoms with Gasteiger partial charge >= 0.3 is 0 Å². The van der Waals surface area contributed by atoms with Gasteiger partial charge in [-0.15, -0.1) is 12.4 Å². The number of fused-ring (bicyclic) bond motifs is 3. The predicted octanol–water partition coefficient (Wildman–Crippen LogP) is 4.22. The van der Waals surface area contributed by atoms with Gasteiger partial charge in [0, 0.05) is 35.6 Å². The Morgan fingerprint density at radius 3 is 2.43 bits per heavy atom. The molecule has 0 amide bonds. The molecule has 1 aliphatic heterocycles. The Balaban J connectivity index is 0.00000156. The van der Waals surface area contributed by atoms with Gasteiger partial charge in [-0.05, 0) is 47.9 Å². The molecule has 0 saturated carbocycles. The van der Waals surface area contributed by atoms with Gasteiger partial charge in [0.05, 0.1) is 0 Å². The fraction of sp³-hybridized carbons (Fsp3) is 0.222. The van der Waals surface area contributed by atoms with Crippen LogP contribution >= 0.6 is 12.4 Å². The average molecular weight is 335 g/mol. The maximum absolute atomic E-state index is 13.6. The molecule has 0 atom stereocenters.